The van der Waals surface area contributed by atoms with Crippen LogP contribution in [0, 0.1) is 29.1 Å². The fourth-order valence-electron chi connectivity index (χ4n) is 6.37. The Hall–Kier alpha value is -0.820. The Kier molecular flexibility index (Phi) is 7.29. The van der Waals surface area contributed by atoms with Crippen LogP contribution in [0.25, 0.3) is 0 Å². The van der Waals surface area contributed by atoms with Crippen LogP contribution in [0.4, 0.5) is 0 Å². The van der Waals surface area contributed by atoms with Gasteiger partial charge < -0.3 is 5.11 Å². The van der Waals surface area contributed by atoms with Gasteiger partial charge >= 0.3 is 0 Å². The quantitative estimate of drug-likeness (QED) is 0.499. The number of hydrogen-bond donors (Lipinski definition) is 1. The van der Waals surface area contributed by atoms with Crippen molar-refractivity contribution in [2.75, 3.05) is 0 Å². The average molecular weight is 385 g/mol. The molecule has 0 amide bonds. The van der Waals surface area contributed by atoms with Crippen molar-refractivity contribution in [3.63, 3.8) is 0 Å². The van der Waals surface area contributed by atoms with Crippen LogP contribution >= 0.6 is 0 Å². The molecule has 2 fully saturated rings. The predicted molar refractivity (Wildman–Crippen MR) is 121 cm³/mol. The van der Waals surface area contributed by atoms with Crippen LogP contribution in [0.2, 0.25) is 0 Å². The van der Waals surface area contributed by atoms with Gasteiger partial charge in [0, 0.05) is 0 Å². The molecule has 0 aliphatic heterocycles. The van der Waals surface area contributed by atoms with Crippen molar-refractivity contribution >= 4 is 0 Å². The summed E-state index contributed by atoms with van der Waals surface area (Å²) >= 11 is 0. The Labute approximate surface area is 174 Å². The van der Waals surface area contributed by atoms with E-state index in [4.69, 9.17) is 0 Å². The molecule has 1 N–H and O–H groups in total. The molecule has 0 aromatic heterocycles. The fourth-order valence-corrected chi connectivity index (χ4v) is 6.37. The van der Waals surface area contributed by atoms with Crippen molar-refractivity contribution in [1.82, 2.24) is 0 Å². The zero-order valence-electron chi connectivity index (χ0n) is 19.1. The van der Waals surface area contributed by atoms with Crippen molar-refractivity contribution in [3.05, 3.63) is 34.9 Å². The molecule has 2 saturated carbocycles. The molecule has 5 atom stereocenters. The minimum Gasteiger partial charge on any atom is -0.389 e. The van der Waals surface area contributed by atoms with Gasteiger partial charge in [-0.3, -0.25) is 0 Å². The molecule has 0 radical (unpaired) electrons. The summed E-state index contributed by atoms with van der Waals surface area (Å²) in [6.07, 6.45) is 19.6. The summed E-state index contributed by atoms with van der Waals surface area (Å²) in [7, 11) is 0. The topological polar surface area (TPSA) is 20.2 Å². The first-order chi connectivity index (χ1) is 13.3. The normalized spacial score (nSPS) is 37.4. The Balaban J connectivity index is 1.72. The summed E-state index contributed by atoms with van der Waals surface area (Å²) < 4.78 is 0. The van der Waals surface area contributed by atoms with E-state index >= 15 is 0 Å². The number of allylic oxidation sites excluding steroid dienone is 5. The Morgan fingerprint density at radius 1 is 1.14 bits per heavy atom. The largest absolute Gasteiger partial charge is 0.389 e. The fraction of sp³-hybridized carbons (Fsp3) is 0.778. The van der Waals surface area contributed by atoms with Crippen molar-refractivity contribution in [2.24, 2.45) is 29.1 Å². The highest BCUT2D eigenvalue weighted by Crippen LogP contribution is 2.56. The third kappa shape index (κ3) is 4.66. The molecule has 28 heavy (non-hydrogen) atoms. The third-order valence-electron chi connectivity index (χ3n) is 8.17. The van der Waals surface area contributed by atoms with Gasteiger partial charge in [0.05, 0.1) is 6.10 Å². The van der Waals surface area contributed by atoms with Crippen LogP contribution in [0.15, 0.2) is 34.9 Å². The summed E-state index contributed by atoms with van der Waals surface area (Å²) in [5, 5.41) is 10.4. The second-order valence-corrected chi connectivity index (χ2v) is 10.7. The van der Waals surface area contributed by atoms with E-state index in [1.54, 1.807) is 11.1 Å². The van der Waals surface area contributed by atoms with Gasteiger partial charge in [0.25, 0.3) is 0 Å². The highest BCUT2D eigenvalue weighted by molar-refractivity contribution is 5.44. The van der Waals surface area contributed by atoms with E-state index in [1.807, 2.05) is 0 Å². The predicted octanol–water partition coefficient (Wildman–Crippen LogP) is 7.62. The Bertz CT molecular complexity index is 610. The zero-order valence-corrected chi connectivity index (χ0v) is 19.1. The maximum Gasteiger partial charge on any atom is 0.0755 e. The van der Waals surface area contributed by atoms with Crippen molar-refractivity contribution in [1.29, 1.82) is 0 Å². The van der Waals surface area contributed by atoms with E-state index in [-0.39, 0.29) is 6.10 Å². The molecule has 0 spiro atoms. The molecule has 0 heterocycles. The second-order valence-electron chi connectivity index (χ2n) is 10.7. The summed E-state index contributed by atoms with van der Waals surface area (Å²) in [6.45, 7) is 12.0. The Morgan fingerprint density at radius 3 is 2.64 bits per heavy atom. The number of fused-ring (bicyclic) bond motifs is 1. The van der Waals surface area contributed by atoms with Crippen molar-refractivity contribution in [3.8, 4) is 0 Å². The standard InChI is InChI=1S/C27H44O/c1-19(2)9-6-11-21(4)24-16-17-25-22(12-8-18-27(24,25)5)14-15-23-20(3)10-7-13-26(23)28/h14-15,17,19-21,24,26,28H,6-13,16,18H2,1-5H3/b22-14-,23-15+/t20-,21+,24+,26+,27+/m0/s1. The Morgan fingerprint density at radius 2 is 1.93 bits per heavy atom. The van der Waals surface area contributed by atoms with E-state index in [9.17, 15) is 5.11 Å². The molecule has 0 aromatic carbocycles. The van der Waals surface area contributed by atoms with E-state index in [1.165, 1.54) is 56.9 Å². The third-order valence-corrected chi connectivity index (χ3v) is 8.17. The van der Waals surface area contributed by atoms with Gasteiger partial charge in [0.1, 0.15) is 0 Å². The molecule has 3 aliphatic carbocycles. The molecule has 0 unspecified atom stereocenters. The van der Waals surface area contributed by atoms with Crippen LogP contribution in [-0.2, 0) is 0 Å². The highest BCUT2D eigenvalue weighted by atomic mass is 16.3. The van der Waals surface area contributed by atoms with Gasteiger partial charge in [0.15, 0.2) is 0 Å². The van der Waals surface area contributed by atoms with Crippen LogP contribution in [0.1, 0.15) is 98.8 Å². The van der Waals surface area contributed by atoms with Gasteiger partial charge in [-0.15, -0.1) is 0 Å². The monoisotopic (exact) mass is 384 g/mol. The molecule has 0 saturated heterocycles. The lowest BCUT2D eigenvalue weighted by atomic mass is 9.62. The zero-order chi connectivity index (χ0) is 20.3. The van der Waals surface area contributed by atoms with Crippen molar-refractivity contribution in [2.45, 2.75) is 105 Å². The first-order valence-electron chi connectivity index (χ1n) is 12.1. The lowest BCUT2D eigenvalue weighted by Crippen LogP contribution is -2.33. The first-order valence-corrected chi connectivity index (χ1v) is 12.1. The van der Waals surface area contributed by atoms with E-state index in [0.29, 0.717) is 11.3 Å². The van der Waals surface area contributed by atoms with Crippen LogP contribution in [0.5, 0.6) is 0 Å². The summed E-state index contributed by atoms with van der Waals surface area (Å²) in [6, 6.07) is 0. The smallest absolute Gasteiger partial charge is 0.0755 e. The maximum absolute atomic E-state index is 10.4. The van der Waals surface area contributed by atoms with Gasteiger partial charge in [-0.25, -0.2) is 0 Å². The van der Waals surface area contributed by atoms with Crippen molar-refractivity contribution < 1.29 is 5.11 Å². The van der Waals surface area contributed by atoms with Crippen LogP contribution < -0.4 is 0 Å². The minimum atomic E-state index is -0.221. The van der Waals surface area contributed by atoms with Gasteiger partial charge in [-0.2, -0.15) is 0 Å². The molecule has 1 nitrogen and oxygen atoms in total. The average Bonchev–Trinajstić information content (AvgIpc) is 2.98. The maximum atomic E-state index is 10.4. The summed E-state index contributed by atoms with van der Waals surface area (Å²) in [4.78, 5) is 0. The van der Waals surface area contributed by atoms with E-state index in [2.05, 4.69) is 52.8 Å². The summed E-state index contributed by atoms with van der Waals surface area (Å²) in [5.41, 5.74) is 4.84. The SMILES string of the molecule is CC(C)CCC[C@@H](C)[C@H]1CC=C2/C(=C\C=C3\[C@H](O)CCC[C@@H]3C)CCC[C@@]21C. The number of hydrogen-bond acceptors (Lipinski definition) is 1. The molecular weight excluding hydrogens is 340 g/mol. The van der Waals surface area contributed by atoms with Crippen LogP contribution in [-0.4, -0.2) is 11.2 Å². The summed E-state index contributed by atoms with van der Waals surface area (Å²) in [5.74, 6) is 2.98. The van der Waals surface area contributed by atoms with Crippen LogP contribution in [0.3, 0.4) is 0 Å². The minimum absolute atomic E-state index is 0.221. The molecule has 3 rings (SSSR count). The number of aliphatic hydroxyl groups excluding tert-OH is 1. The van der Waals surface area contributed by atoms with Gasteiger partial charge in [0.2, 0.25) is 0 Å². The molecule has 3 aliphatic rings. The number of aliphatic hydroxyl groups is 1. The highest BCUT2D eigenvalue weighted by Gasteiger charge is 2.45. The lowest BCUT2D eigenvalue weighted by Gasteiger charge is -2.42. The first kappa shape index (κ1) is 21.9. The number of rotatable bonds is 6. The van der Waals surface area contributed by atoms with Gasteiger partial charge in [-0.05, 0) is 90.8 Å². The second kappa shape index (κ2) is 9.33. The molecule has 0 bridgehead atoms. The molecule has 0 aromatic rings. The molecule has 1 heteroatoms. The van der Waals surface area contributed by atoms with E-state index < -0.39 is 0 Å². The van der Waals surface area contributed by atoms with Gasteiger partial charge in [-0.1, -0.05) is 72.1 Å². The molecular formula is C27H44O. The lowest BCUT2D eigenvalue weighted by molar-refractivity contribution is 0.155. The van der Waals surface area contributed by atoms with E-state index in [0.717, 1.165) is 30.6 Å². The molecule has 158 valence electrons.